The summed E-state index contributed by atoms with van der Waals surface area (Å²) in [4.78, 5) is 14.4. The van der Waals surface area contributed by atoms with E-state index in [0.29, 0.717) is 17.8 Å². The molecule has 5 nitrogen and oxygen atoms in total. The molecule has 0 atom stereocenters. The molecule has 0 saturated carbocycles. The lowest BCUT2D eigenvalue weighted by Gasteiger charge is -2.17. The molecule has 25 heavy (non-hydrogen) atoms. The molecule has 1 aromatic heterocycles. The number of phenolic OH excluding ortho intramolecular Hbond substituents is 1. The molecule has 0 fully saturated rings. The van der Waals surface area contributed by atoms with Gasteiger partial charge in [-0.2, -0.15) is 5.10 Å². The largest absolute Gasteiger partial charge is 0.507 e. The fourth-order valence-electron chi connectivity index (χ4n) is 2.93. The van der Waals surface area contributed by atoms with E-state index in [1.165, 1.54) is 23.6 Å². The molecule has 0 unspecified atom stereocenters. The van der Waals surface area contributed by atoms with Crippen molar-refractivity contribution in [3.63, 3.8) is 0 Å². The van der Waals surface area contributed by atoms with Crippen LogP contribution in [-0.2, 0) is 6.54 Å². The van der Waals surface area contributed by atoms with Crippen LogP contribution in [0.15, 0.2) is 41.2 Å². The maximum atomic E-state index is 12.0. The second kappa shape index (κ2) is 9.99. The maximum Gasteiger partial charge on any atom is 0.266 e. The van der Waals surface area contributed by atoms with Gasteiger partial charge in [-0.05, 0) is 50.7 Å². The van der Waals surface area contributed by atoms with E-state index < -0.39 is 0 Å². The Morgan fingerprint density at radius 2 is 1.72 bits per heavy atom. The highest BCUT2D eigenvalue weighted by atomic mass is 16.3. The SMILES string of the molecule is CCN(CC)CCCCCCn1nc(-c2ccccc2O)ccc1=O. The number of benzene rings is 1. The number of aromatic nitrogens is 2. The summed E-state index contributed by atoms with van der Waals surface area (Å²) in [5.41, 5.74) is 1.18. The molecule has 0 amide bonds. The lowest BCUT2D eigenvalue weighted by Crippen LogP contribution is -2.24. The molecule has 0 saturated heterocycles. The third kappa shape index (κ3) is 5.71. The van der Waals surface area contributed by atoms with Crippen molar-refractivity contribution in [1.82, 2.24) is 14.7 Å². The Kier molecular flexibility index (Phi) is 7.67. The van der Waals surface area contributed by atoms with E-state index in [4.69, 9.17) is 0 Å². The molecule has 0 aliphatic rings. The maximum absolute atomic E-state index is 12.0. The molecule has 5 heteroatoms. The minimum Gasteiger partial charge on any atom is -0.507 e. The van der Waals surface area contributed by atoms with E-state index in [-0.39, 0.29) is 11.3 Å². The molecule has 0 spiro atoms. The first-order chi connectivity index (χ1) is 12.2. The van der Waals surface area contributed by atoms with Crippen molar-refractivity contribution in [2.45, 2.75) is 46.1 Å². The zero-order valence-electron chi connectivity index (χ0n) is 15.3. The lowest BCUT2D eigenvalue weighted by atomic mass is 10.1. The highest BCUT2D eigenvalue weighted by molar-refractivity contribution is 5.65. The molecule has 2 rings (SSSR count). The minimum absolute atomic E-state index is 0.0951. The van der Waals surface area contributed by atoms with E-state index in [1.54, 1.807) is 24.3 Å². The Labute approximate surface area is 149 Å². The monoisotopic (exact) mass is 343 g/mol. The van der Waals surface area contributed by atoms with E-state index in [1.807, 2.05) is 6.07 Å². The standard InChI is InChI=1S/C20H29N3O2/c1-3-22(4-2)15-9-5-6-10-16-23-20(25)14-13-18(21-23)17-11-7-8-12-19(17)24/h7-8,11-14,24H,3-6,9-10,15-16H2,1-2H3. The molecule has 0 aliphatic heterocycles. The first-order valence-electron chi connectivity index (χ1n) is 9.24. The molecule has 0 aliphatic carbocycles. The van der Waals surface area contributed by atoms with Gasteiger partial charge in [-0.15, -0.1) is 0 Å². The molecule has 0 bridgehead atoms. The number of para-hydroxylation sites is 1. The molecular weight excluding hydrogens is 314 g/mol. The average Bonchev–Trinajstić information content (AvgIpc) is 2.63. The van der Waals surface area contributed by atoms with Crippen molar-refractivity contribution in [3.05, 3.63) is 46.8 Å². The van der Waals surface area contributed by atoms with Gasteiger partial charge in [0.05, 0.1) is 5.69 Å². The van der Waals surface area contributed by atoms with Gasteiger partial charge in [-0.3, -0.25) is 4.79 Å². The minimum atomic E-state index is -0.0951. The quantitative estimate of drug-likeness (QED) is 0.671. The van der Waals surface area contributed by atoms with Gasteiger partial charge in [-0.25, -0.2) is 4.68 Å². The van der Waals surface area contributed by atoms with Gasteiger partial charge in [0.1, 0.15) is 5.75 Å². The molecule has 1 heterocycles. The van der Waals surface area contributed by atoms with Crippen LogP contribution in [0, 0.1) is 0 Å². The number of nitrogens with zero attached hydrogens (tertiary/aromatic N) is 3. The Balaban J connectivity index is 1.87. The van der Waals surface area contributed by atoms with Gasteiger partial charge < -0.3 is 10.0 Å². The van der Waals surface area contributed by atoms with Gasteiger partial charge >= 0.3 is 0 Å². The van der Waals surface area contributed by atoms with Crippen molar-refractivity contribution >= 4 is 0 Å². The molecule has 2 aromatic rings. The lowest BCUT2D eigenvalue weighted by molar-refractivity contribution is 0.295. The van der Waals surface area contributed by atoms with E-state index in [0.717, 1.165) is 32.5 Å². The Bertz CT molecular complexity index is 708. The summed E-state index contributed by atoms with van der Waals surface area (Å²) in [5, 5.41) is 14.4. The number of rotatable bonds is 10. The van der Waals surface area contributed by atoms with Crippen LogP contribution in [0.2, 0.25) is 0 Å². The zero-order valence-corrected chi connectivity index (χ0v) is 15.3. The van der Waals surface area contributed by atoms with Crippen molar-refractivity contribution in [2.75, 3.05) is 19.6 Å². The summed E-state index contributed by atoms with van der Waals surface area (Å²) in [5.74, 6) is 0.177. The van der Waals surface area contributed by atoms with Crippen LogP contribution in [0.25, 0.3) is 11.3 Å². The van der Waals surface area contributed by atoms with Crippen LogP contribution in [-0.4, -0.2) is 39.4 Å². The fourth-order valence-corrected chi connectivity index (χ4v) is 2.93. The van der Waals surface area contributed by atoms with E-state index in [9.17, 15) is 9.90 Å². The smallest absolute Gasteiger partial charge is 0.266 e. The number of phenols is 1. The zero-order chi connectivity index (χ0) is 18.1. The van der Waals surface area contributed by atoms with Gasteiger partial charge in [0.2, 0.25) is 0 Å². The summed E-state index contributed by atoms with van der Waals surface area (Å²) in [7, 11) is 0. The highest BCUT2D eigenvalue weighted by Gasteiger charge is 2.07. The number of aryl methyl sites for hydroxylation is 1. The summed E-state index contributed by atoms with van der Waals surface area (Å²) >= 11 is 0. The average molecular weight is 343 g/mol. The Hall–Kier alpha value is -2.14. The van der Waals surface area contributed by atoms with Crippen LogP contribution < -0.4 is 5.56 Å². The number of hydrogen-bond acceptors (Lipinski definition) is 4. The first-order valence-corrected chi connectivity index (χ1v) is 9.24. The third-order valence-electron chi connectivity index (χ3n) is 4.54. The van der Waals surface area contributed by atoms with Crippen molar-refractivity contribution < 1.29 is 5.11 Å². The first kappa shape index (κ1) is 19.2. The summed E-state index contributed by atoms with van der Waals surface area (Å²) < 4.78 is 1.51. The predicted molar refractivity (Wildman–Crippen MR) is 102 cm³/mol. The van der Waals surface area contributed by atoms with E-state index >= 15 is 0 Å². The molecule has 1 aromatic carbocycles. The van der Waals surface area contributed by atoms with Crippen LogP contribution in [0.3, 0.4) is 0 Å². The summed E-state index contributed by atoms with van der Waals surface area (Å²) in [6.45, 7) is 8.36. The molecule has 0 radical (unpaired) electrons. The normalized spacial score (nSPS) is 11.2. The number of aromatic hydroxyl groups is 1. The number of hydrogen-bond donors (Lipinski definition) is 1. The van der Waals surface area contributed by atoms with Crippen LogP contribution >= 0.6 is 0 Å². The van der Waals surface area contributed by atoms with Crippen LogP contribution in [0.1, 0.15) is 39.5 Å². The topological polar surface area (TPSA) is 58.4 Å². The highest BCUT2D eigenvalue weighted by Crippen LogP contribution is 2.25. The molecule has 1 N–H and O–H groups in total. The van der Waals surface area contributed by atoms with Crippen molar-refractivity contribution in [3.8, 4) is 17.0 Å². The fraction of sp³-hybridized carbons (Fsp3) is 0.500. The third-order valence-corrected chi connectivity index (χ3v) is 4.54. The summed E-state index contributed by atoms with van der Waals surface area (Å²) in [6, 6.07) is 10.2. The van der Waals surface area contributed by atoms with Crippen molar-refractivity contribution in [2.24, 2.45) is 0 Å². The van der Waals surface area contributed by atoms with Crippen molar-refractivity contribution in [1.29, 1.82) is 0 Å². The number of unbranched alkanes of at least 4 members (excludes halogenated alkanes) is 3. The van der Waals surface area contributed by atoms with Gasteiger partial charge in [-0.1, -0.05) is 38.8 Å². The second-order valence-electron chi connectivity index (χ2n) is 6.24. The second-order valence-corrected chi connectivity index (χ2v) is 6.24. The predicted octanol–water partition coefficient (Wildman–Crippen LogP) is 3.52. The molecular formula is C20H29N3O2. The molecule has 136 valence electrons. The summed E-state index contributed by atoms with van der Waals surface area (Å²) in [6.07, 6.45) is 4.40. The van der Waals surface area contributed by atoms with E-state index in [2.05, 4.69) is 23.8 Å². The van der Waals surface area contributed by atoms with Crippen LogP contribution in [0.5, 0.6) is 5.75 Å². The van der Waals surface area contributed by atoms with Gasteiger partial charge in [0.25, 0.3) is 5.56 Å². The Morgan fingerprint density at radius 3 is 2.44 bits per heavy atom. The van der Waals surface area contributed by atoms with Gasteiger partial charge in [0, 0.05) is 18.2 Å². The Morgan fingerprint density at radius 1 is 1.00 bits per heavy atom. The van der Waals surface area contributed by atoms with Crippen LogP contribution in [0.4, 0.5) is 0 Å². The van der Waals surface area contributed by atoms with Gasteiger partial charge in [0.15, 0.2) is 0 Å².